The number of nitrogens with zero attached hydrogens (tertiary/aromatic N) is 1. The van der Waals surface area contributed by atoms with Crippen molar-refractivity contribution < 1.29 is 4.79 Å². The number of amides is 1. The maximum Gasteiger partial charge on any atom is 0.225 e. The lowest BCUT2D eigenvalue weighted by Crippen LogP contribution is -2.35. The first kappa shape index (κ1) is 14.6. The van der Waals surface area contributed by atoms with Gasteiger partial charge in [0.05, 0.1) is 0 Å². The molecule has 0 heterocycles. The molecule has 2 atom stereocenters. The third kappa shape index (κ3) is 4.67. The minimum absolute atomic E-state index is 0.385. The average molecular weight is 263 g/mol. The second-order valence-corrected chi connectivity index (χ2v) is 6.27. The Morgan fingerprint density at radius 3 is 2.63 bits per heavy atom. The minimum Gasteiger partial charge on any atom is -0.342 e. The molecular weight excluding hydrogens is 234 g/mol. The molecule has 2 aliphatic rings. The maximum absolute atomic E-state index is 12.2. The summed E-state index contributed by atoms with van der Waals surface area (Å²) in [5, 5.41) is 0. The van der Waals surface area contributed by atoms with Gasteiger partial charge in [0.25, 0.3) is 0 Å². The van der Waals surface area contributed by atoms with Crippen LogP contribution >= 0.6 is 0 Å². The molecule has 0 radical (unpaired) electrons. The minimum atomic E-state index is 0.385. The summed E-state index contributed by atoms with van der Waals surface area (Å²) < 4.78 is 0. The molecule has 0 N–H and O–H groups in total. The number of carbonyl (C=O) groups excluding carboxylic acids is 1. The number of carbonyl (C=O) groups is 1. The van der Waals surface area contributed by atoms with Gasteiger partial charge in [-0.3, -0.25) is 4.79 Å². The van der Waals surface area contributed by atoms with E-state index in [2.05, 4.69) is 30.9 Å². The molecular formula is C17H29NO. The fourth-order valence-corrected chi connectivity index (χ4v) is 2.92. The number of hydrogen-bond donors (Lipinski definition) is 0. The molecule has 0 bridgehead atoms. The van der Waals surface area contributed by atoms with Crippen molar-refractivity contribution in [1.82, 2.24) is 4.90 Å². The molecule has 0 unspecified atom stereocenters. The zero-order chi connectivity index (χ0) is 13.7. The van der Waals surface area contributed by atoms with Crippen LogP contribution in [-0.4, -0.2) is 23.9 Å². The predicted octanol–water partition coefficient (Wildman–Crippen LogP) is 4.02. The van der Waals surface area contributed by atoms with Gasteiger partial charge in [0.15, 0.2) is 0 Å². The van der Waals surface area contributed by atoms with E-state index in [0.29, 0.717) is 11.8 Å². The molecule has 19 heavy (non-hydrogen) atoms. The van der Waals surface area contributed by atoms with Gasteiger partial charge in [-0.2, -0.15) is 0 Å². The van der Waals surface area contributed by atoms with E-state index in [1.807, 2.05) is 0 Å². The Morgan fingerprint density at radius 1 is 1.21 bits per heavy atom. The SMILES string of the molecule is CC/C=C\CC[C@H]1C[C@H]1CN(CCC)C(=O)C1CC1. The Morgan fingerprint density at radius 2 is 2.00 bits per heavy atom. The van der Waals surface area contributed by atoms with Gasteiger partial charge in [0.2, 0.25) is 5.91 Å². The van der Waals surface area contributed by atoms with Crippen molar-refractivity contribution in [2.24, 2.45) is 17.8 Å². The monoisotopic (exact) mass is 263 g/mol. The summed E-state index contributed by atoms with van der Waals surface area (Å²) in [6.07, 6.45) is 13.0. The Kier molecular flexibility index (Phi) is 5.47. The van der Waals surface area contributed by atoms with Crippen LogP contribution in [0.2, 0.25) is 0 Å². The van der Waals surface area contributed by atoms with Gasteiger partial charge < -0.3 is 4.90 Å². The van der Waals surface area contributed by atoms with E-state index in [1.165, 1.54) is 19.3 Å². The maximum atomic E-state index is 12.2. The molecule has 0 spiro atoms. The summed E-state index contributed by atoms with van der Waals surface area (Å²) in [7, 11) is 0. The van der Waals surface area contributed by atoms with E-state index in [1.54, 1.807) is 0 Å². The van der Waals surface area contributed by atoms with Gasteiger partial charge >= 0.3 is 0 Å². The fourth-order valence-electron chi connectivity index (χ4n) is 2.92. The van der Waals surface area contributed by atoms with Crippen LogP contribution in [0.4, 0.5) is 0 Å². The number of hydrogen-bond acceptors (Lipinski definition) is 1. The molecule has 2 heteroatoms. The average Bonchev–Trinajstić information content (AvgIpc) is 3.28. The molecule has 2 saturated carbocycles. The van der Waals surface area contributed by atoms with Gasteiger partial charge in [-0.05, 0) is 56.8 Å². The predicted molar refractivity (Wildman–Crippen MR) is 79.9 cm³/mol. The molecule has 2 aliphatic carbocycles. The van der Waals surface area contributed by atoms with Crippen molar-refractivity contribution in [1.29, 1.82) is 0 Å². The van der Waals surface area contributed by atoms with E-state index >= 15 is 0 Å². The largest absolute Gasteiger partial charge is 0.342 e. The third-order valence-corrected chi connectivity index (χ3v) is 4.36. The fraction of sp³-hybridized carbons (Fsp3) is 0.824. The Balaban J connectivity index is 1.67. The first-order valence-electron chi connectivity index (χ1n) is 8.20. The highest BCUT2D eigenvalue weighted by atomic mass is 16.2. The molecule has 0 aromatic heterocycles. The van der Waals surface area contributed by atoms with Gasteiger partial charge in [-0.25, -0.2) is 0 Å². The Hall–Kier alpha value is -0.790. The van der Waals surface area contributed by atoms with E-state index in [0.717, 1.165) is 50.6 Å². The molecule has 0 aromatic carbocycles. The molecule has 108 valence electrons. The highest BCUT2D eigenvalue weighted by Gasteiger charge is 2.40. The normalized spacial score (nSPS) is 25.8. The van der Waals surface area contributed by atoms with Crippen molar-refractivity contribution in [3.63, 3.8) is 0 Å². The first-order chi connectivity index (χ1) is 9.26. The van der Waals surface area contributed by atoms with Crippen LogP contribution in [0.1, 0.15) is 58.8 Å². The quantitative estimate of drug-likeness (QED) is 0.575. The van der Waals surface area contributed by atoms with Crippen LogP contribution in [-0.2, 0) is 4.79 Å². The number of allylic oxidation sites excluding steroid dienone is 2. The Labute approximate surface area is 118 Å². The van der Waals surface area contributed by atoms with E-state index in [9.17, 15) is 4.79 Å². The van der Waals surface area contributed by atoms with Gasteiger partial charge in [0, 0.05) is 19.0 Å². The van der Waals surface area contributed by atoms with Crippen molar-refractivity contribution in [2.45, 2.75) is 58.8 Å². The summed E-state index contributed by atoms with van der Waals surface area (Å²) in [6.45, 7) is 6.36. The van der Waals surface area contributed by atoms with Crippen LogP contribution in [0.15, 0.2) is 12.2 Å². The van der Waals surface area contributed by atoms with E-state index in [4.69, 9.17) is 0 Å². The second kappa shape index (κ2) is 7.12. The van der Waals surface area contributed by atoms with Gasteiger partial charge in [-0.15, -0.1) is 0 Å². The molecule has 0 aromatic rings. The summed E-state index contributed by atoms with van der Waals surface area (Å²) in [4.78, 5) is 14.3. The first-order valence-corrected chi connectivity index (χ1v) is 8.20. The molecule has 0 aliphatic heterocycles. The van der Waals surface area contributed by atoms with Crippen LogP contribution in [0.25, 0.3) is 0 Å². The lowest BCUT2D eigenvalue weighted by atomic mass is 10.1. The van der Waals surface area contributed by atoms with Crippen LogP contribution in [0, 0.1) is 17.8 Å². The molecule has 2 rings (SSSR count). The van der Waals surface area contributed by atoms with Crippen molar-refractivity contribution >= 4 is 5.91 Å². The van der Waals surface area contributed by atoms with Gasteiger partial charge in [-0.1, -0.05) is 26.0 Å². The van der Waals surface area contributed by atoms with Crippen LogP contribution < -0.4 is 0 Å². The zero-order valence-corrected chi connectivity index (χ0v) is 12.6. The third-order valence-electron chi connectivity index (χ3n) is 4.36. The zero-order valence-electron chi connectivity index (χ0n) is 12.6. The van der Waals surface area contributed by atoms with Crippen LogP contribution in [0.3, 0.4) is 0 Å². The summed E-state index contributed by atoms with van der Waals surface area (Å²) >= 11 is 0. The second-order valence-electron chi connectivity index (χ2n) is 6.27. The van der Waals surface area contributed by atoms with Crippen molar-refractivity contribution in [3.05, 3.63) is 12.2 Å². The summed E-state index contributed by atoms with van der Waals surface area (Å²) in [5.41, 5.74) is 0. The van der Waals surface area contributed by atoms with E-state index in [-0.39, 0.29) is 0 Å². The van der Waals surface area contributed by atoms with Crippen molar-refractivity contribution in [2.75, 3.05) is 13.1 Å². The van der Waals surface area contributed by atoms with Crippen LogP contribution in [0.5, 0.6) is 0 Å². The standard InChI is InChI=1S/C17H29NO/c1-3-5-6-7-8-15-12-16(15)13-18(11-4-2)17(19)14-9-10-14/h5-6,14-16H,3-4,7-13H2,1-2H3/b6-5-/t15-,16-/m0/s1. The lowest BCUT2D eigenvalue weighted by Gasteiger charge is -2.22. The lowest BCUT2D eigenvalue weighted by molar-refractivity contribution is -0.132. The van der Waals surface area contributed by atoms with Crippen molar-refractivity contribution in [3.8, 4) is 0 Å². The molecule has 0 saturated heterocycles. The smallest absolute Gasteiger partial charge is 0.225 e. The summed E-state index contributed by atoms with van der Waals surface area (Å²) in [5.74, 6) is 2.51. The topological polar surface area (TPSA) is 20.3 Å². The summed E-state index contributed by atoms with van der Waals surface area (Å²) in [6, 6.07) is 0. The van der Waals surface area contributed by atoms with Gasteiger partial charge in [0.1, 0.15) is 0 Å². The Bertz CT molecular complexity index is 319. The highest BCUT2D eigenvalue weighted by Crippen LogP contribution is 2.43. The van der Waals surface area contributed by atoms with E-state index < -0.39 is 0 Å². The highest BCUT2D eigenvalue weighted by molar-refractivity contribution is 5.81. The molecule has 2 nitrogen and oxygen atoms in total. The molecule has 2 fully saturated rings. The number of rotatable bonds is 9. The molecule has 1 amide bonds.